The minimum absolute atomic E-state index is 0. The van der Waals surface area contributed by atoms with Crippen molar-refractivity contribution in [1.82, 2.24) is 36.4 Å². The maximum Gasteiger partial charge on any atom is 0.246 e. The van der Waals surface area contributed by atoms with Gasteiger partial charge in [-0.25, -0.2) is 0 Å². The fourth-order valence-electron chi connectivity index (χ4n) is 9.83. The number of hydrogen-bond acceptors (Lipinski definition) is 9. The van der Waals surface area contributed by atoms with E-state index in [0.29, 0.717) is 58.0 Å². The summed E-state index contributed by atoms with van der Waals surface area (Å²) in [6.07, 6.45) is 3.37. The molecule has 2 aromatic carbocycles. The highest BCUT2D eigenvalue weighted by Crippen LogP contribution is 2.36. The molecule has 6 rings (SSSR count). The Kier molecular flexibility index (Phi) is 21.6. The zero-order chi connectivity index (χ0) is 50.9. The standard InChI is InChI=1S/C55H75N7O8.2ClH/c1-11-34(2)48(63)59-46(54(4,5)6)52(67)61-28-20-26-40(61)50(65)57-44-38-24-16-14-22-36(38)32-42(44)69-30-18-12-13-19-31-70-43-33-37-23-15-17-25-39(37)45(43)58-51(66)41-27-21-29-62(41)53(68)47(55(7,8)9)60-49(64)35(3)56-10;;/h14-17,22-25,34-35,40-47,56H,11,20-21,26-33H2,1-10H3,(H,57,65)(H,58,66)(H,59,63)(H,60,64);2*1H/t34-,35+,40+,41+,42-,43-,44+,45+,46-,47-;;/m1../s1. The Morgan fingerprint density at radius 1 is 0.653 bits per heavy atom. The van der Waals surface area contributed by atoms with Crippen LogP contribution < -0.4 is 26.6 Å². The second kappa shape index (κ2) is 26.2. The lowest BCUT2D eigenvalue weighted by Gasteiger charge is -2.36. The minimum atomic E-state index is -0.817. The number of nitrogens with zero attached hydrogens (tertiary/aromatic N) is 2. The molecule has 0 unspecified atom stereocenters. The van der Waals surface area contributed by atoms with Crippen LogP contribution in [0.25, 0.3) is 0 Å². The highest BCUT2D eigenvalue weighted by Gasteiger charge is 2.46. The number of fused-ring (bicyclic) bond motifs is 2. The number of carbonyl (C=O) groups is 6. The van der Waals surface area contributed by atoms with E-state index >= 15 is 0 Å². The lowest BCUT2D eigenvalue weighted by Crippen LogP contribution is -2.59. The van der Waals surface area contributed by atoms with Gasteiger partial charge >= 0.3 is 0 Å². The molecule has 2 fully saturated rings. The monoisotopic (exact) mass is 1030 g/mol. The Morgan fingerprint density at radius 2 is 1.06 bits per heavy atom. The van der Waals surface area contributed by atoms with E-state index in [9.17, 15) is 28.8 Å². The van der Waals surface area contributed by atoms with Crippen LogP contribution in [-0.4, -0.2) is 121 Å². The number of likely N-dealkylation sites (N-methyl/N-ethyl adjacent to an activating group) is 1. The number of benzene rings is 2. The van der Waals surface area contributed by atoms with Crippen molar-refractivity contribution in [3.8, 4) is 23.7 Å². The first-order valence-electron chi connectivity index (χ1n) is 25.1. The first kappa shape index (κ1) is 59.4. The topological polar surface area (TPSA) is 188 Å². The van der Waals surface area contributed by atoms with E-state index in [2.05, 4.69) is 50.3 Å². The zero-order valence-electron chi connectivity index (χ0n) is 43.6. The summed E-state index contributed by atoms with van der Waals surface area (Å²) in [6, 6.07) is 11.4. The van der Waals surface area contributed by atoms with Crippen molar-refractivity contribution in [2.75, 3.05) is 33.4 Å². The fourth-order valence-corrected chi connectivity index (χ4v) is 9.83. The van der Waals surface area contributed by atoms with Gasteiger partial charge in [-0.05, 0) is 91.0 Å². The average Bonchev–Trinajstić information content (AvgIpc) is 4.15. The molecule has 394 valence electrons. The molecular weight excluding hydrogens is 958 g/mol. The summed E-state index contributed by atoms with van der Waals surface area (Å²) in [5, 5.41) is 15.3. The molecule has 15 nitrogen and oxygen atoms in total. The predicted molar refractivity (Wildman–Crippen MR) is 282 cm³/mol. The third-order valence-electron chi connectivity index (χ3n) is 14.3. The van der Waals surface area contributed by atoms with E-state index in [0.717, 1.165) is 22.3 Å². The van der Waals surface area contributed by atoms with Crippen molar-refractivity contribution in [3.05, 3.63) is 70.8 Å². The molecule has 0 saturated carbocycles. The first-order chi connectivity index (χ1) is 33.2. The fraction of sp³-hybridized carbons (Fsp3) is 0.600. The largest absolute Gasteiger partial charge is 0.363 e. The van der Waals surface area contributed by atoms with Gasteiger partial charge in [0, 0.05) is 31.8 Å². The number of halogens is 2. The van der Waals surface area contributed by atoms with E-state index in [4.69, 9.17) is 9.47 Å². The van der Waals surface area contributed by atoms with Gasteiger partial charge in [-0.15, -0.1) is 24.8 Å². The van der Waals surface area contributed by atoms with Crippen molar-refractivity contribution in [2.24, 2.45) is 16.7 Å². The van der Waals surface area contributed by atoms with E-state index in [1.165, 1.54) is 0 Å². The number of ether oxygens (including phenoxy) is 2. The molecule has 2 aliphatic carbocycles. The molecule has 6 amide bonds. The number of hydrogen-bond donors (Lipinski definition) is 5. The molecule has 0 bridgehead atoms. The summed E-state index contributed by atoms with van der Waals surface area (Å²) in [5.74, 6) is 9.94. The van der Waals surface area contributed by atoms with Crippen LogP contribution in [0.2, 0.25) is 0 Å². The lowest BCUT2D eigenvalue weighted by molar-refractivity contribution is -0.144. The van der Waals surface area contributed by atoms with Crippen LogP contribution in [-0.2, 0) is 51.1 Å². The Balaban J connectivity index is 0.00000562. The van der Waals surface area contributed by atoms with Crippen LogP contribution in [0.15, 0.2) is 48.5 Å². The maximum atomic E-state index is 14.1. The second-order valence-corrected chi connectivity index (χ2v) is 21.4. The molecule has 0 aromatic heterocycles. The summed E-state index contributed by atoms with van der Waals surface area (Å²) in [7, 11) is 1.69. The van der Waals surface area contributed by atoms with Crippen molar-refractivity contribution in [1.29, 1.82) is 0 Å². The minimum Gasteiger partial charge on any atom is -0.363 e. The number of amides is 6. The highest BCUT2D eigenvalue weighted by molar-refractivity contribution is 5.95. The smallest absolute Gasteiger partial charge is 0.246 e. The van der Waals surface area contributed by atoms with Crippen molar-refractivity contribution >= 4 is 60.3 Å². The van der Waals surface area contributed by atoms with Gasteiger partial charge in [0.05, 0.1) is 30.3 Å². The second-order valence-electron chi connectivity index (χ2n) is 21.4. The average molecular weight is 1040 g/mol. The SMILES string of the molecule is CC[C@@H](C)C(=O)N[C@H](C(=O)N1CCC[C@H]1C(=O)N[C@H]1c2ccccc2C[C@H]1OCC#CC#CCO[C@@H]1Cc2ccccc2[C@@H]1NC(=O)[C@@H]1CCCN1C(=O)[C@@H](NC(=O)[C@H](C)NC)C(C)(C)C)C(C)(C)C.Cl.Cl. The molecule has 2 aliphatic heterocycles. The summed E-state index contributed by atoms with van der Waals surface area (Å²) in [4.78, 5) is 85.4. The Bertz CT molecular complexity index is 2220. The molecule has 17 heteroatoms. The summed E-state index contributed by atoms with van der Waals surface area (Å²) < 4.78 is 12.6. The summed E-state index contributed by atoms with van der Waals surface area (Å²) >= 11 is 0. The van der Waals surface area contributed by atoms with Crippen LogP contribution in [0.5, 0.6) is 0 Å². The van der Waals surface area contributed by atoms with Gasteiger partial charge in [0.25, 0.3) is 0 Å². The molecule has 2 heterocycles. The molecule has 72 heavy (non-hydrogen) atoms. The molecular formula is C55H77Cl2N7O8. The van der Waals surface area contributed by atoms with Gasteiger partial charge in [0.2, 0.25) is 35.4 Å². The van der Waals surface area contributed by atoms with Crippen molar-refractivity contribution < 1.29 is 38.2 Å². The maximum absolute atomic E-state index is 14.1. The van der Waals surface area contributed by atoms with E-state index in [1.807, 2.05) is 104 Å². The van der Waals surface area contributed by atoms with Crippen molar-refractivity contribution in [3.63, 3.8) is 0 Å². The van der Waals surface area contributed by atoms with Gasteiger partial charge < -0.3 is 45.9 Å². The molecule has 0 spiro atoms. The first-order valence-corrected chi connectivity index (χ1v) is 25.1. The zero-order valence-corrected chi connectivity index (χ0v) is 45.3. The quantitative estimate of drug-likeness (QED) is 0.142. The van der Waals surface area contributed by atoms with Gasteiger partial charge in [0.1, 0.15) is 37.4 Å². The van der Waals surface area contributed by atoms with Gasteiger partial charge in [-0.2, -0.15) is 0 Å². The Hall–Kier alpha value is -5.16. The normalized spacial score (nSPS) is 22.6. The van der Waals surface area contributed by atoms with Crippen LogP contribution in [0.4, 0.5) is 0 Å². The number of nitrogens with one attached hydrogen (secondary N) is 5. The van der Waals surface area contributed by atoms with Crippen LogP contribution in [0.1, 0.15) is 129 Å². The summed E-state index contributed by atoms with van der Waals surface area (Å²) in [5.41, 5.74) is 2.89. The number of rotatable bonds is 16. The number of likely N-dealkylation sites (tertiary alicyclic amines) is 2. The van der Waals surface area contributed by atoms with Gasteiger partial charge in [0.15, 0.2) is 0 Å². The molecule has 2 saturated heterocycles. The molecule has 2 aromatic rings. The molecule has 4 aliphatic rings. The predicted octanol–water partition coefficient (Wildman–Crippen LogP) is 5.13. The summed E-state index contributed by atoms with van der Waals surface area (Å²) in [6.45, 7) is 18.0. The lowest BCUT2D eigenvalue weighted by atomic mass is 9.85. The van der Waals surface area contributed by atoms with Gasteiger partial charge in [-0.1, -0.05) is 116 Å². The van der Waals surface area contributed by atoms with Crippen LogP contribution >= 0.6 is 24.8 Å². The number of carbonyl (C=O) groups excluding carboxylic acids is 6. The Morgan fingerprint density at radius 3 is 1.44 bits per heavy atom. The van der Waals surface area contributed by atoms with Gasteiger partial charge in [-0.3, -0.25) is 28.8 Å². The Labute approximate surface area is 439 Å². The third-order valence-corrected chi connectivity index (χ3v) is 14.3. The highest BCUT2D eigenvalue weighted by atomic mass is 35.5. The molecule has 10 atom stereocenters. The molecule has 5 N–H and O–H groups in total. The van der Waals surface area contributed by atoms with E-state index in [1.54, 1.807) is 23.8 Å². The van der Waals surface area contributed by atoms with E-state index in [-0.39, 0.29) is 79.4 Å². The van der Waals surface area contributed by atoms with Crippen molar-refractivity contribution in [2.45, 2.75) is 162 Å². The van der Waals surface area contributed by atoms with E-state index < -0.39 is 65.3 Å². The third kappa shape index (κ3) is 14.3. The molecule has 0 radical (unpaired) electrons. The van der Waals surface area contributed by atoms with Crippen LogP contribution in [0.3, 0.4) is 0 Å². The van der Waals surface area contributed by atoms with Crippen LogP contribution in [0, 0.1) is 40.4 Å².